The molecule has 0 aliphatic carbocycles. The molecule has 3 aromatic carbocycles. The summed E-state index contributed by atoms with van der Waals surface area (Å²) in [7, 11) is 1.54. The van der Waals surface area contributed by atoms with E-state index in [9.17, 15) is 9.18 Å². The quantitative estimate of drug-likeness (QED) is 0.149. The molecule has 4 aromatic rings. The van der Waals surface area contributed by atoms with Gasteiger partial charge in [0.2, 0.25) is 0 Å². The molecule has 0 aliphatic heterocycles. The Morgan fingerprint density at radius 2 is 1.91 bits per heavy atom. The molecule has 1 amide bonds. The number of carbonyl (C=O) groups is 1. The molecule has 1 heterocycles. The number of nitrogens with zero attached hydrogens (tertiary/aromatic N) is 1. The Hall–Kier alpha value is -3.60. The first-order valence-electron chi connectivity index (χ1n) is 10.7. The van der Waals surface area contributed by atoms with Crippen molar-refractivity contribution in [1.29, 1.82) is 0 Å². The largest absolute Gasteiger partial charge is 0.494 e. The number of nitrogens with one attached hydrogen (secondary N) is 1. The highest BCUT2D eigenvalue weighted by atomic mass is 127. The fraction of sp³-hybridized carbons (Fsp3) is 0.154. The van der Waals surface area contributed by atoms with Crippen molar-refractivity contribution in [3.8, 4) is 17.2 Å². The monoisotopic (exact) mass is 588 g/mol. The lowest BCUT2D eigenvalue weighted by Crippen LogP contribution is -2.16. The summed E-state index contributed by atoms with van der Waals surface area (Å²) in [6.45, 7) is 2.72. The Labute approximate surface area is 215 Å². The molecule has 35 heavy (non-hydrogen) atoms. The second kappa shape index (κ2) is 11.2. The maximum atomic E-state index is 13.1. The summed E-state index contributed by atoms with van der Waals surface area (Å²) in [5, 5.41) is 4.80. The Morgan fingerprint density at radius 3 is 2.66 bits per heavy atom. The van der Waals surface area contributed by atoms with Crippen molar-refractivity contribution in [2.24, 2.45) is 5.10 Å². The number of benzene rings is 3. The van der Waals surface area contributed by atoms with E-state index in [0.717, 1.165) is 14.5 Å². The van der Waals surface area contributed by atoms with E-state index in [1.165, 1.54) is 25.5 Å². The minimum Gasteiger partial charge on any atom is -0.494 e. The molecule has 1 N–H and O–H groups in total. The number of hydrogen-bond donors (Lipinski definition) is 1. The summed E-state index contributed by atoms with van der Waals surface area (Å²) in [6.07, 6.45) is 1.50. The first-order valence-corrected chi connectivity index (χ1v) is 11.8. The number of carbonyl (C=O) groups excluding carboxylic acids is 1. The second-order valence-corrected chi connectivity index (χ2v) is 8.55. The van der Waals surface area contributed by atoms with Gasteiger partial charge in [0.05, 0.1) is 23.5 Å². The molecule has 0 spiro atoms. The number of ether oxygens (including phenoxy) is 3. The standard InChI is InChI=1S/C26H22FIN2O5/c1-3-33-20-8-9-22-18(12-20)13-24(35-22)26(31)30-29-14-17-10-21(28)25(23(11-17)32-2)34-15-16-4-6-19(27)7-5-16/h4-14H,3,15H2,1-2H3,(H,30,31)/b29-14+. The third-order valence-electron chi connectivity index (χ3n) is 4.95. The zero-order valence-electron chi connectivity index (χ0n) is 19.0. The average molecular weight is 588 g/mol. The molecule has 4 rings (SSSR count). The van der Waals surface area contributed by atoms with Crippen LogP contribution in [0.3, 0.4) is 0 Å². The molecule has 0 saturated heterocycles. The Balaban J connectivity index is 1.42. The van der Waals surface area contributed by atoms with Gasteiger partial charge in [-0.2, -0.15) is 5.10 Å². The van der Waals surface area contributed by atoms with Gasteiger partial charge < -0.3 is 18.6 Å². The third-order valence-corrected chi connectivity index (χ3v) is 5.75. The molecular weight excluding hydrogens is 566 g/mol. The normalized spacial score (nSPS) is 11.1. The lowest BCUT2D eigenvalue weighted by Gasteiger charge is -2.13. The van der Waals surface area contributed by atoms with Crippen LogP contribution in [0, 0.1) is 9.39 Å². The molecule has 0 radical (unpaired) electrons. The van der Waals surface area contributed by atoms with E-state index in [-0.39, 0.29) is 18.2 Å². The highest BCUT2D eigenvalue weighted by Crippen LogP contribution is 2.34. The van der Waals surface area contributed by atoms with Crippen LogP contribution < -0.4 is 19.6 Å². The van der Waals surface area contributed by atoms with Crippen LogP contribution in [-0.4, -0.2) is 25.8 Å². The number of methoxy groups -OCH3 is 1. The highest BCUT2D eigenvalue weighted by Gasteiger charge is 2.14. The van der Waals surface area contributed by atoms with Crippen LogP contribution in [0.4, 0.5) is 4.39 Å². The van der Waals surface area contributed by atoms with Gasteiger partial charge in [-0.3, -0.25) is 4.79 Å². The fourth-order valence-electron chi connectivity index (χ4n) is 3.30. The van der Waals surface area contributed by atoms with Crippen molar-refractivity contribution in [2.45, 2.75) is 13.5 Å². The van der Waals surface area contributed by atoms with Crippen LogP contribution in [0.2, 0.25) is 0 Å². The van der Waals surface area contributed by atoms with Gasteiger partial charge in [-0.15, -0.1) is 0 Å². The summed E-state index contributed by atoms with van der Waals surface area (Å²) in [4.78, 5) is 12.5. The summed E-state index contributed by atoms with van der Waals surface area (Å²) in [6, 6.07) is 16.7. The van der Waals surface area contributed by atoms with E-state index in [1.54, 1.807) is 36.4 Å². The molecule has 1 aromatic heterocycles. The van der Waals surface area contributed by atoms with Crippen molar-refractivity contribution in [3.63, 3.8) is 0 Å². The number of amides is 1. The van der Waals surface area contributed by atoms with Crippen molar-refractivity contribution >= 4 is 45.7 Å². The third kappa shape index (κ3) is 6.10. The van der Waals surface area contributed by atoms with Gasteiger partial charge in [-0.05, 0) is 89.2 Å². The molecule has 0 bridgehead atoms. The number of hydrazone groups is 1. The van der Waals surface area contributed by atoms with Crippen LogP contribution >= 0.6 is 22.6 Å². The number of rotatable bonds is 9. The minimum atomic E-state index is -0.476. The van der Waals surface area contributed by atoms with Crippen LogP contribution in [-0.2, 0) is 6.61 Å². The van der Waals surface area contributed by atoms with Crippen LogP contribution in [0.1, 0.15) is 28.6 Å². The minimum absolute atomic E-state index is 0.141. The van der Waals surface area contributed by atoms with E-state index in [2.05, 4.69) is 33.1 Å². The Bertz CT molecular complexity index is 1370. The average Bonchev–Trinajstić information content (AvgIpc) is 3.28. The van der Waals surface area contributed by atoms with Gasteiger partial charge in [0.25, 0.3) is 0 Å². The fourth-order valence-corrected chi connectivity index (χ4v) is 4.08. The maximum Gasteiger partial charge on any atom is 0.307 e. The number of fused-ring (bicyclic) bond motifs is 1. The zero-order valence-corrected chi connectivity index (χ0v) is 21.2. The van der Waals surface area contributed by atoms with Crippen molar-refractivity contribution in [2.75, 3.05) is 13.7 Å². The summed E-state index contributed by atoms with van der Waals surface area (Å²) in [5.74, 6) is 1.15. The topological polar surface area (TPSA) is 82.3 Å². The van der Waals surface area contributed by atoms with E-state index in [1.807, 2.05) is 19.1 Å². The molecule has 0 unspecified atom stereocenters. The van der Waals surface area contributed by atoms with Crippen LogP contribution in [0.15, 0.2) is 70.2 Å². The van der Waals surface area contributed by atoms with Crippen molar-refractivity contribution in [3.05, 3.63) is 86.9 Å². The predicted molar refractivity (Wildman–Crippen MR) is 139 cm³/mol. The molecule has 9 heteroatoms. The second-order valence-electron chi connectivity index (χ2n) is 7.39. The number of hydrogen-bond acceptors (Lipinski definition) is 6. The van der Waals surface area contributed by atoms with Gasteiger partial charge in [0.15, 0.2) is 17.3 Å². The van der Waals surface area contributed by atoms with E-state index < -0.39 is 5.91 Å². The maximum absolute atomic E-state index is 13.1. The van der Waals surface area contributed by atoms with E-state index >= 15 is 0 Å². The first-order chi connectivity index (χ1) is 17.0. The Kier molecular flexibility index (Phi) is 7.86. The van der Waals surface area contributed by atoms with Crippen LogP contribution in [0.5, 0.6) is 17.2 Å². The lowest BCUT2D eigenvalue weighted by atomic mass is 10.2. The van der Waals surface area contributed by atoms with E-state index in [4.69, 9.17) is 18.6 Å². The van der Waals surface area contributed by atoms with Crippen LogP contribution in [0.25, 0.3) is 11.0 Å². The molecule has 0 fully saturated rings. The van der Waals surface area contributed by atoms with Gasteiger partial charge in [0.1, 0.15) is 23.8 Å². The van der Waals surface area contributed by atoms with Crippen molar-refractivity contribution < 1.29 is 27.8 Å². The van der Waals surface area contributed by atoms with Gasteiger partial charge in [0, 0.05) is 5.39 Å². The molecule has 0 atom stereocenters. The number of halogens is 2. The predicted octanol–water partition coefficient (Wildman–Crippen LogP) is 5.93. The smallest absolute Gasteiger partial charge is 0.307 e. The summed E-state index contributed by atoms with van der Waals surface area (Å²) >= 11 is 2.13. The zero-order chi connectivity index (χ0) is 24.8. The van der Waals surface area contributed by atoms with Gasteiger partial charge in [-0.25, -0.2) is 9.82 Å². The van der Waals surface area contributed by atoms with Crippen molar-refractivity contribution in [1.82, 2.24) is 5.43 Å². The van der Waals surface area contributed by atoms with Gasteiger partial charge >= 0.3 is 5.91 Å². The molecule has 0 saturated carbocycles. The van der Waals surface area contributed by atoms with E-state index in [0.29, 0.717) is 35.0 Å². The Morgan fingerprint density at radius 1 is 1.11 bits per heavy atom. The van der Waals surface area contributed by atoms with Gasteiger partial charge in [-0.1, -0.05) is 12.1 Å². The first kappa shape index (κ1) is 24.5. The molecule has 7 nitrogen and oxygen atoms in total. The lowest BCUT2D eigenvalue weighted by molar-refractivity contribution is 0.0929. The summed E-state index contributed by atoms with van der Waals surface area (Å²) < 4.78 is 36.3. The number of furan rings is 1. The highest BCUT2D eigenvalue weighted by molar-refractivity contribution is 14.1. The summed E-state index contributed by atoms with van der Waals surface area (Å²) in [5.41, 5.74) is 4.58. The molecule has 180 valence electrons. The molecular formula is C26H22FIN2O5. The molecule has 0 aliphatic rings. The SMILES string of the molecule is CCOc1ccc2oc(C(=O)N/N=C/c3cc(I)c(OCc4ccc(F)cc4)c(OC)c3)cc2c1.